The van der Waals surface area contributed by atoms with E-state index in [0.717, 1.165) is 0 Å². The number of primary amides is 1. The second-order valence-electron chi connectivity index (χ2n) is 5.13. The van der Waals surface area contributed by atoms with Crippen LogP contribution in [0.1, 0.15) is 34.1 Å². The van der Waals surface area contributed by atoms with Gasteiger partial charge in [-0.25, -0.2) is 9.59 Å². The summed E-state index contributed by atoms with van der Waals surface area (Å²) >= 11 is 0. The normalized spacial score (nSPS) is 15.1. The molecule has 0 aromatic rings. The van der Waals surface area contributed by atoms with Crippen molar-refractivity contribution in [2.45, 2.75) is 46.2 Å². The van der Waals surface area contributed by atoms with Gasteiger partial charge in [0, 0.05) is 0 Å². The molecule has 4 N–H and O–H groups in total. The second-order valence-corrected chi connectivity index (χ2v) is 5.13. The van der Waals surface area contributed by atoms with E-state index >= 15 is 0 Å². The van der Waals surface area contributed by atoms with Gasteiger partial charge < -0.3 is 21.1 Å². The van der Waals surface area contributed by atoms with Crippen LogP contribution in [-0.4, -0.2) is 37.1 Å². The van der Waals surface area contributed by atoms with Gasteiger partial charge in [0.2, 0.25) is 5.91 Å². The van der Waals surface area contributed by atoms with E-state index in [4.69, 9.17) is 5.73 Å². The van der Waals surface area contributed by atoms with Crippen molar-refractivity contribution in [2.75, 3.05) is 7.11 Å². The molecule has 0 rings (SSSR count). The fourth-order valence-corrected chi connectivity index (χ4v) is 1.72. The summed E-state index contributed by atoms with van der Waals surface area (Å²) in [6.07, 6.45) is 0.683. The lowest BCUT2D eigenvalue weighted by atomic mass is 9.97. The Kier molecular flexibility index (Phi) is 7.64. The predicted molar refractivity (Wildman–Crippen MR) is 74.7 cm³/mol. The van der Waals surface area contributed by atoms with Crippen LogP contribution in [0.5, 0.6) is 0 Å². The van der Waals surface area contributed by atoms with E-state index in [0.29, 0.717) is 6.42 Å². The minimum Gasteiger partial charge on any atom is -0.467 e. The molecule has 7 nitrogen and oxygen atoms in total. The van der Waals surface area contributed by atoms with E-state index in [2.05, 4.69) is 15.4 Å². The molecule has 0 bridgehead atoms. The number of nitrogens with one attached hydrogen (secondary N) is 2. The van der Waals surface area contributed by atoms with Gasteiger partial charge in [-0.2, -0.15) is 0 Å². The van der Waals surface area contributed by atoms with E-state index in [9.17, 15) is 14.4 Å². The summed E-state index contributed by atoms with van der Waals surface area (Å²) in [7, 11) is 1.26. The number of ether oxygens (including phenoxy) is 1. The number of urea groups is 1. The summed E-state index contributed by atoms with van der Waals surface area (Å²) < 4.78 is 4.66. The molecule has 0 aliphatic rings. The number of rotatable bonds is 7. The molecule has 3 amide bonds. The number of carbonyl (C=O) groups excluding carboxylic acids is 3. The van der Waals surface area contributed by atoms with Crippen molar-refractivity contribution in [2.24, 2.45) is 17.6 Å². The molecular formula is C13H25N3O4. The van der Waals surface area contributed by atoms with Crippen LogP contribution in [0, 0.1) is 11.8 Å². The summed E-state index contributed by atoms with van der Waals surface area (Å²) in [6, 6.07) is -2.30. The lowest BCUT2D eigenvalue weighted by Crippen LogP contribution is -2.56. The first-order chi connectivity index (χ1) is 9.24. The molecule has 3 atom stereocenters. The van der Waals surface area contributed by atoms with Crippen LogP contribution < -0.4 is 16.4 Å². The third kappa shape index (κ3) is 5.46. The fourth-order valence-electron chi connectivity index (χ4n) is 1.72. The Morgan fingerprint density at radius 2 is 1.65 bits per heavy atom. The zero-order chi connectivity index (χ0) is 15.9. The van der Waals surface area contributed by atoms with Crippen molar-refractivity contribution in [1.82, 2.24) is 10.6 Å². The molecule has 3 unspecified atom stereocenters. The first kappa shape index (κ1) is 18.2. The van der Waals surface area contributed by atoms with Gasteiger partial charge in [-0.05, 0) is 11.8 Å². The quantitative estimate of drug-likeness (QED) is 0.588. The van der Waals surface area contributed by atoms with Gasteiger partial charge in [-0.15, -0.1) is 0 Å². The fraction of sp³-hybridized carbons (Fsp3) is 0.769. The first-order valence-corrected chi connectivity index (χ1v) is 6.68. The van der Waals surface area contributed by atoms with Gasteiger partial charge in [-0.1, -0.05) is 34.1 Å². The second kappa shape index (κ2) is 8.39. The molecule has 0 fully saturated rings. The summed E-state index contributed by atoms with van der Waals surface area (Å²) in [5.41, 5.74) is 5.08. The molecular weight excluding hydrogens is 262 g/mol. The van der Waals surface area contributed by atoms with Crippen LogP contribution in [0.15, 0.2) is 0 Å². The van der Waals surface area contributed by atoms with Crippen LogP contribution in [0.25, 0.3) is 0 Å². The number of hydrogen-bond donors (Lipinski definition) is 3. The summed E-state index contributed by atoms with van der Waals surface area (Å²) in [5, 5.41) is 5.01. The van der Waals surface area contributed by atoms with Gasteiger partial charge in [0.1, 0.15) is 12.1 Å². The van der Waals surface area contributed by atoms with E-state index in [1.807, 2.05) is 13.8 Å². The largest absolute Gasteiger partial charge is 0.467 e. The zero-order valence-electron chi connectivity index (χ0n) is 12.7. The Labute approximate surface area is 119 Å². The monoisotopic (exact) mass is 287 g/mol. The lowest BCUT2D eigenvalue weighted by molar-refractivity contribution is -0.146. The van der Waals surface area contributed by atoms with Crippen LogP contribution >= 0.6 is 0 Å². The molecule has 7 heteroatoms. The molecule has 0 aliphatic carbocycles. The number of esters is 1. The molecule has 0 saturated heterocycles. The molecule has 0 radical (unpaired) electrons. The highest BCUT2D eigenvalue weighted by molar-refractivity contribution is 5.90. The topological polar surface area (TPSA) is 111 Å². The van der Waals surface area contributed by atoms with Crippen LogP contribution in [0.4, 0.5) is 4.79 Å². The third-order valence-corrected chi connectivity index (χ3v) is 3.21. The number of carbonyl (C=O) groups is 3. The Bertz CT molecular complexity index is 358. The SMILES string of the molecule is CCC(C)C(NC(N)=O)C(=O)NC(C(=O)OC)C(C)C. The van der Waals surface area contributed by atoms with Gasteiger partial charge in [-0.3, -0.25) is 4.79 Å². The molecule has 20 heavy (non-hydrogen) atoms. The van der Waals surface area contributed by atoms with Crippen molar-refractivity contribution in [3.63, 3.8) is 0 Å². The van der Waals surface area contributed by atoms with Crippen molar-refractivity contribution in [3.8, 4) is 0 Å². The first-order valence-electron chi connectivity index (χ1n) is 6.68. The van der Waals surface area contributed by atoms with E-state index in [1.54, 1.807) is 13.8 Å². The van der Waals surface area contributed by atoms with Crippen molar-refractivity contribution >= 4 is 17.9 Å². The van der Waals surface area contributed by atoms with Gasteiger partial charge in [0.05, 0.1) is 7.11 Å². The maximum absolute atomic E-state index is 12.2. The van der Waals surface area contributed by atoms with E-state index in [1.165, 1.54) is 7.11 Å². The van der Waals surface area contributed by atoms with Crippen LogP contribution in [-0.2, 0) is 14.3 Å². The van der Waals surface area contributed by atoms with Gasteiger partial charge >= 0.3 is 12.0 Å². The average molecular weight is 287 g/mol. The van der Waals surface area contributed by atoms with Crippen LogP contribution in [0.3, 0.4) is 0 Å². The number of amides is 3. The maximum atomic E-state index is 12.2. The lowest BCUT2D eigenvalue weighted by Gasteiger charge is -2.26. The molecule has 0 saturated carbocycles. The molecule has 0 aliphatic heterocycles. The summed E-state index contributed by atoms with van der Waals surface area (Å²) in [5.74, 6) is -1.19. The number of nitrogens with two attached hydrogens (primary N) is 1. The molecule has 0 heterocycles. The standard InChI is InChI=1S/C13H25N3O4/c1-6-8(4)10(16-13(14)19)11(17)15-9(7(2)3)12(18)20-5/h7-10H,6H2,1-5H3,(H,15,17)(H3,14,16,19). The molecule has 0 aromatic carbocycles. The van der Waals surface area contributed by atoms with Gasteiger partial charge in [0.15, 0.2) is 0 Å². The summed E-state index contributed by atoms with van der Waals surface area (Å²) in [4.78, 5) is 34.8. The third-order valence-electron chi connectivity index (χ3n) is 3.21. The summed E-state index contributed by atoms with van der Waals surface area (Å²) in [6.45, 7) is 7.31. The highest BCUT2D eigenvalue weighted by Crippen LogP contribution is 2.10. The smallest absolute Gasteiger partial charge is 0.328 e. The minimum atomic E-state index is -0.775. The highest BCUT2D eigenvalue weighted by Gasteiger charge is 2.31. The minimum absolute atomic E-state index is 0.104. The van der Waals surface area contributed by atoms with E-state index < -0.39 is 30.0 Å². The van der Waals surface area contributed by atoms with Crippen molar-refractivity contribution < 1.29 is 19.1 Å². The van der Waals surface area contributed by atoms with E-state index in [-0.39, 0.29) is 11.8 Å². The Hall–Kier alpha value is -1.79. The number of methoxy groups -OCH3 is 1. The highest BCUT2D eigenvalue weighted by atomic mass is 16.5. The molecule has 0 spiro atoms. The van der Waals surface area contributed by atoms with Crippen molar-refractivity contribution in [1.29, 1.82) is 0 Å². The van der Waals surface area contributed by atoms with Crippen molar-refractivity contribution in [3.05, 3.63) is 0 Å². The average Bonchev–Trinajstić information content (AvgIpc) is 2.39. The number of hydrogen-bond acceptors (Lipinski definition) is 4. The zero-order valence-corrected chi connectivity index (χ0v) is 12.7. The molecule has 0 aromatic heterocycles. The Morgan fingerprint density at radius 1 is 1.10 bits per heavy atom. The maximum Gasteiger partial charge on any atom is 0.328 e. The van der Waals surface area contributed by atoms with Crippen LogP contribution in [0.2, 0.25) is 0 Å². The predicted octanol–water partition coefficient (Wildman–Crippen LogP) is 0.383. The molecule has 116 valence electrons. The Balaban J connectivity index is 4.96. The Morgan fingerprint density at radius 3 is 2.00 bits per heavy atom. The van der Waals surface area contributed by atoms with Gasteiger partial charge in [0.25, 0.3) is 0 Å².